The van der Waals surface area contributed by atoms with Gasteiger partial charge in [0.2, 0.25) is 0 Å². The molecule has 1 heterocycles. The summed E-state index contributed by atoms with van der Waals surface area (Å²) in [5, 5.41) is 16.8. The molecule has 19 heavy (non-hydrogen) atoms. The fourth-order valence-corrected chi connectivity index (χ4v) is 1.50. The second-order valence-corrected chi connectivity index (χ2v) is 3.90. The Bertz CT molecular complexity index is 488. The molecule has 1 aromatic heterocycles. The number of aromatic nitrogens is 4. The van der Waals surface area contributed by atoms with E-state index < -0.39 is 6.61 Å². The predicted molar refractivity (Wildman–Crippen MR) is 62.5 cm³/mol. The first-order chi connectivity index (χ1) is 9.15. The van der Waals surface area contributed by atoms with Crippen LogP contribution in [0.4, 0.5) is 8.78 Å². The van der Waals surface area contributed by atoms with E-state index >= 15 is 0 Å². The quantitative estimate of drug-likeness (QED) is 0.834. The number of tetrazole rings is 1. The Labute approximate surface area is 108 Å². The average Bonchev–Trinajstić information content (AvgIpc) is 2.91. The maximum absolute atomic E-state index is 12.0. The van der Waals surface area contributed by atoms with Crippen LogP contribution in [0.5, 0.6) is 5.75 Å². The lowest BCUT2D eigenvalue weighted by molar-refractivity contribution is -0.0498. The van der Waals surface area contributed by atoms with E-state index in [1.807, 2.05) is 6.92 Å². The van der Waals surface area contributed by atoms with E-state index in [9.17, 15) is 8.78 Å². The summed E-state index contributed by atoms with van der Waals surface area (Å²) in [5.74, 6) is 0.711. The molecule has 0 fully saturated rings. The molecule has 102 valence electrons. The molecule has 2 rings (SSSR count). The zero-order chi connectivity index (χ0) is 13.7. The number of benzene rings is 1. The van der Waals surface area contributed by atoms with Crippen LogP contribution in [-0.2, 0) is 6.54 Å². The van der Waals surface area contributed by atoms with Crippen molar-refractivity contribution in [3.05, 3.63) is 35.7 Å². The molecule has 0 bridgehead atoms. The topological polar surface area (TPSA) is 75.7 Å². The fraction of sp³-hybridized carbons (Fsp3) is 0.364. The van der Waals surface area contributed by atoms with Gasteiger partial charge in [0.05, 0.1) is 6.04 Å². The fourth-order valence-electron chi connectivity index (χ4n) is 1.50. The van der Waals surface area contributed by atoms with Crippen LogP contribution in [0.3, 0.4) is 0 Å². The van der Waals surface area contributed by atoms with Crippen molar-refractivity contribution in [3.63, 3.8) is 0 Å². The first-order valence-electron chi connectivity index (χ1n) is 5.65. The lowest BCUT2D eigenvalue weighted by Crippen LogP contribution is -2.19. The third-order valence-corrected chi connectivity index (χ3v) is 2.51. The van der Waals surface area contributed by atoms with Crippen molar-refractivity contribution >= 4 is 0 Å². The molecular formula is C11H13F2N5O. The molecule has 6 nitrogen and oxygen atoms in total. The molecule has 0 radical (unpaired) electrons. The third kappa shape index (κ3) is 3.95. The van der Waals surface area contributed by atoms with Gasteiger partial charge in [-0.1, -0.05) is 17.3 Å². The summed E-state index contributed by atoms with van der Waals surface area (Å²) in [6, 6.07) is 6.38. The van der Waals surface area contributed by atoms with Crippen molar-refractivity contribution < 1.29 is 13.5 Å². The number of aromatic amines is 1. The Morgan fingerprint density at radius 3 is 2.63 bits per heavy atom. The van der Waals surface area contributed by atoms with Gasteiger partial charge >= 0.3 is 6.61 Å². The summed E-state index contributed by atoms with van der Waals surface area (Å²) in [4.78, 5) is 0. The van der Waals surface area contributed by atoms with Gasteiger partial charge < -0.3 is 10.1 Å². The number of rotatable bonds is 6. The van der Waals surface area contributed by atoms with Crippen molar-refractivity contribution in [1.29, 1.82) is 0 Å². The molecule has 0 saturated carbocycles. The minimum atomic E-state index is -2.80. The van der Waals surface area contributed by atoms with Crippen molar-refractivity contribution in [1.82, 2.24) is 25.9 Å². The summed E-state index contributed by atoms with van der Waals surface area (Å²) in [6.45, 7) is -0.341. The molecule has 8 heteroatoms. The molecule has 0 saturated heterocycles. The van der Waals surface area contributed by atoms with Gasteiger partial charge in [-0.25, -0.2) is 0 Å². The zero-order valence-electron chi connectivity index (χ0n) is 10.2. The lowest BCUT2D eigenvalue weighted by Gasteiger charge is -2.10. The second-order valence-electron chi connectivity index (χ2n) is 3.90. The van der Waals surface area contributed by atoms with Crippen LogP contribution in [0.1, 0.15) is 24.4 Å². The van der Waals surface area contributed by atoms with Gasteiger partial charge in [0.15, 0.2) is 5.82 Å². The van der Waals surface area contributed by atoms with Crippen LogP contribution < -0.4 is 10.1 Å². The highest BCUT2D eigenvalue weighted by molar-refractivity contribution is 5.27. The van der Waals surface area contributed by atoms with Crippen LogP contribution in [0.15, 0.2) is 24.3 Å². The van der Waals surface area contributed by atoms with E-state index in [0.29, 0.717) is 12.4 Å². The van der Waals surface area contributed by atoms with E-state index in [-0.39, 0.29) is 11.8 Å². The lowest BCUT2D eigenvalue weighted by atomic mass is 10.2. The molecule has 2 aromatic rings. The average molecular weight is 269 g/mol. The number of alkyl halides is 2. The first-order valence-corrected chi connectivity index (χ1v) is 5.65. The number of halogens is 2. The van der Waals surface area contributed by atoms with E-state index in [1.54, 1.807) is 12.1 Å². The normalized spacial score (nSPS) is 12.6. The molecule has 0 amide bonds. The highest BCUT2D eigenvalue weighted by Gasteiger charge is 2.09. The first kappa shape index (κ1) is 13.3. The molecular weight excluding hydrogens is 256 g/mol. The van der Waals surface area contributed by atoms with E-state index in [2.05, 4.69) is 30.7 Å². The second kappa shape index (κ2) is 6.19. The van der Waals surface area contributed by atoms with Gasteiger partial charge in [0.1, 0.15) is 5.75 Å². The minimum absolute atomic E-state index is 0.0595. The Balaban J connectivity index is 1.86. The molecule has 1 atom stereocenters. The van der Waals surface area contributed by atoms with Crippen molar-refractivity contribution in [2.75, 3.05) is 0 Å². The van der Waals surface area contributed by atoms with Crippen molar-refractivity contribution in [3.8, 4) is 5.75 Å². The number of nitrogens with one attached hydrogen (secondary N) is 2. The Hall–Kier alpha value is -2.09. The van der Waals surface area contributed by atoms with Gasteiger partial charge in [-0.15, -0.1) is 10.2 Å². The molecule has 0 spiro atoms. The van der Waals surface area contributed by atoms with Gasteiger partial charge in [-0.2, -0.15) is 14.0 Å². The number of nitrogens with zero attached hydrogens (tertiary/aromatic N) is 3. The van der Waals surface area contributed by atoms with E-state index in [0.717, 1.165) is 5.56 Å². The van der Waals surface area contributed by atoms with Crippen molar-refractivity contribution in [2.45, 2.75) is 26.1 Å². The van der Waals surface area contributed by atoms with E-state index in [4.69, 9.17) is 0 Å². The molecule has 0 aliphatic heterocycles. The molecule has 0 aliphatic rings. The maximum atomic E-state index is 12.0. The van der Waals surface area contributed by atoms with Crippen molar-refractivity contribution in [2.24, 2.45) is 0 Å². The van der Waals surface area contributed by atoms with Gasteiger partial charge in [0.25, 0.3) is 0 Å². The maximum Gasteiger partial charge on any atom is 0.387 e. The number of H-pyrrole nitrogens is 1. The molecule has 1 aromatic carbocycles. The largest absolute Gasteiger partial charge is 0.435 e. The monoisotopic (exact) mass is 269 g/mol. The highest BCUT2D eigenvalue weighted by Crippen LogP contribution is 2.15. The third-order valence-electron chi connectivity index (χ3n) is 2.51. The Kier molecular flexibility index (Phi) is 4.35. The molecule has 1 unspecified atom stereocenters. The standard InChI is InChI=1S/C11H13F2N5O/c1-7(10-15-17-18-16-10)14-6-8-2-4-9(5-3-8)19-11(12)13/h2-5,7,11,14H,6H2,1H3,(H,15,16,17,18). The summed E-state index contributed by atoms with van der Waals surface area (Å²) in [5.41, 5.74) is 0.942. The minimum Gasteiger partial charge on any atom is -0.435 e. The zero-order valence-corrected chi connectivity index (χ0v) is 10.2. The Morgan fingerprint density at radius 1 is 1.32 bits per heavy atom. The number of hydrogen-bond acceptors (Lipinski definition) is 5. The van der Waals surface area contributed by atoms with Crippen LogP contribution in [0.2, 0.25) is 0 Å². The SMILES string of the molecule is CC(NCc1ccc(OC(F)F)cc1)c1nn[nH]n1. The van der Waals surface area contributed by atoms with Crippen LogP contribution in [0.25, 0.3) is 0 Å². The Morgan fingerprint density at radius 2 is 2.05 bits per heavy atom. The van der Waals surface area contributed by atoms with Crippen LogP contribution in [-0.4, -0.2) is 27.2 Å². The highest BCUT2D eigenvalue weighted by atomic mass is 19.3. The summed E-state index contributed by atoms with van der Waals surface area (Å²) < 4.78 is 28.2. The predicted octanol–water partition coefficient (Wildman–Crippen LogP) is 1.65. The van der Waals surface area contributed by atoms with Gasteiger partial charge in [-0.05, 0) is 24.6 Å². The molecule has 2 N–H and O–H groups in total. The summed E-state index contributed by atoms with van der Waals surface area (Å²) in [6.07, 6.45) is 0. The van der Waals surface area contributed by atoms with Gasteiger partial charge in [-0.3, -0.25) is 0 Å². The smallest absolute Gasteiger partial charge is 0.387 e. The van der Waals surface area contributed by atoms with Gasteiger partial charge in [0, 0.05) is 6.54 Å². The summed E-state index contributed by atoms with van der Waals surface area (Å²) in [7, 11) is 0. The number of ether oxygens (including phenoxy) is 1. The number of hydrogen-bond donors (Lipinski definition) is 2. The van der Waals surface area contributed by atoms with Crippen LogP contribution in [0, 0.1) is 0 Å². The van der Waals surface area contributed by atoms with Crippen LogP contribution >= 0.6 is 0 Å². The molecule has 0 aliphatic carbocycles. The summed E-state index contributed by atoms with van der Waals surface area (Å²) >= 11 is 0. The van der Waals surface area contributed by atoms with E-state index in [1.165, 1.54) is 12.1 Å².